The second kappa shape index (κ2) is 7.93. The van der Waals surface area contributed by atoms with E-state index in [4.69, 9.17) is 23.2 Å². The second-order valence-corrected chi connectivity index (χ2v) is 7.46. The molecule has 0 bridgehead atoms. The van der Waals surface area contributed by atoms with Crippen LogP contribution in [0.25, 0.3) is 10.9 Å². The molecule has 0 aliphatic carbocycles. The van der Waals surface area contributed by atoms with Crippen molar-refractivity contribution in [3.8, 4) is 0 Å². The highest BCUT2D eigenvalue weighted by molar-refractivity contribution is 6.42. The van der Waals surface area contributed by atoms with Gasteiger partial charge in [0.05, 0.1) is 27.4 Å². The van der Waals surface area contributed by atoms with Gasteiger partial charge in [0, 0.05) is 30.1 Å². The van der Waals surface area contributed by atoms with Gasteiger partial charge >= 0.3 is 0 Å². The van der Waals surface area contributed by atoms with Crippen LogP contribution in [-0.4, -0.2) is 38.8 Å². The Morgan fingerprint density at radius 2 is 2.14 bits per heavy atom. The first-order chi connectivity index (χ1) is 14.0. The minimum Gasteiger partial charge on any atom is -0.338 e. The Hall–Kier alpha value is -2.77. The third-order valence-corrected chi connectivity index (χ3v) is 5.71. The minimum atomic E-state index is -0.658. The van der Waals surface area contributed by atoms with Crippen LogP contribution < -0.4 is 5.32 Å². The Morgan fingerprint density at radius 3 is 2.93 bits per heavy atom. The molecule has 0 spiro atoms. The molecule has 0 unspecified atom stereocenters. The summed E-state index contributed by atoms with van der Waals surface area (Å²) in [5.74, 6) is -0.227. The van der Waals surface area contributed by atoms with Crippen LogP contribution in [-0.2, 0) is 4.79 Å². The zero-order valence-corrected chi connectivity index (χ0v) is 16.7. The van der Waals surface area contributed by atoms with Crippen molar-refractivity contribution in [3.63, 3.8) is 0 Å². The van der Waals surface area contributed by atoms with Crippen molar-refractivity contribution in [1.29, 1.82) is 0 Å². The summed E-state index contributed by atoms with van der Waals surface area (Å²) in [5, 5.41) is 3.63. The van der Waals surface area contributed by atoms with Crippen molar-refractivity contribution in [3.05, 3.63) is 64.9 Å². The number of aromatic nitrogens is 3. The molecule has 9 heteroatoms. The van der Waals surface area contributed by atoms with Crippen LogP contribution in [0.15, 0.2) is 43.4 Å². The van der Waals surface area contributed by atoms with Gasteiger partial charge in [0.2, 0.25) is 5.91 Å². The monoisotopic (exact) mass is 431 g/mol. The molecular formula is C20H16Cl2FN5O. The number of likely N-dealkylation sites (tertiary alicyclic amines) is 1. The Bertz CT molecular complexity index is 1120. The molecule has 0 radical (unpaired) electrons. The smallest absolute Gasteiger partial charge is 0.245 e. The van der Waals surface area contributed by atoms with Crippen molar-refractivity contribution in [2.45, 2.75) is 12.3 Å². The topological polar surface area (TPSA) is 71.0 Å². The lowest BCUT2D eigenvalue weighted by Crippen LogP contribution is -2.26. The van der Waals surface area contributed by atoms with E-state index in [0.29, 0.717) is 29.8 Å². The van der Waals surface area contributed by atoms with E-state index in [1.807, 2.05) is 6.07 Å². The Morgan fingerprint density at radius 1 is 1.31 bits per heavy atom. The zero-order valence-electron chi connectivity index (χ0n) is 15.2. The van der Waals surface area contributed by atoms with Crippen LogP contribution in [0.1, 0.15) is 18.0 Å². The number of amides is 1. The van der Waals surface area contributed by atoms with Crippen LogP contribution in [0.5, 0.6) is 0 Å². The predicted octanol–water partition coefficient (Wildman–Crippen LogP) is 4.72. The highest BCUT2D eigenvalue weighted by Crippen LogP contribution is 2.33. The number of hydrogen-bond acceptors (Lipinski definition) is 5. The average molecular weight is 432 g/mol. The first-order valence-electron chi connectivity index (χ1n) is 8.90. The van der Waals surface area contributed by atoms with Gasteiger partial charge in [-0.05, 0) is 30.7 Å². The lowest BCUT2D eigenvalue weighted by molar-refractivity contribution is -0.125. The summed E-state index contributed by atoms with van der Waals surface area (Å²) in [6.45, 7) is 4.76. The van der Waals surface area contributed by atoms with E-state index in [-0.39, 0.29) is 27.6 Å². The Kier molecular flexibility index (Phi) is 5.34. The number of nitrogens with one attached hydrogen (secondary N) is 1. The number of pyridine rings is 1. The van der Waals surface area contributed by atoms with Gasteiger partial charge in [0.15, 0.2) is 5.82 Å². The maximum atomic E-state index is 14.4. The predicted molar refractivity (Wildman–Crippen MR) is 111 cm³/mol. The first kappa shape index (κ1) is 19.5. The van der Waals surface area contributed by atoms with E-state index in [1.54, 1.807) is 11.1 Å². The average Bonchev–Trinajstić information content (AvgIpc) is 3.24. The lowest BCUT2D eigenvalue weighted by atomic mass is 10.0. The summed E-state index contributed by atoms with van der Waals surface area (Å²) in [6.07, 6.45) is 5.15. The van der Waals surface area contributed by atoms with Crippen LogP contribution in [0.3, 0.4) is 0 Å². The number of benzene rings is 1. The minimum absolute atomic E-state index is 0.0888. The number of carbonyl (C=O) groups is 1. The Labute approximate surface area is 176 Å². The van der Waals surface area contributed by atoms with Crippen LogP contribution in [0.2, 0.25) is 10.0 Å². The molecule has 1 fully saturated rings. The molecule has 1 aliphatic heterocycles. The normalized spacial score (nSPS) is 16.2. The summed E-state index contributed by atoms with van der Waals surface area (Å²) >= 11 is 11.8. The highest BCUT2D eigenvalue weighted by atomic mass is 35.5. The maximum absolute atomic E-state index is 14.4. The quantitative estimate of drug-likeness (QED) is 0.478. The summed E-state index contributed by atoms with van der Waals surface area (Å²) in [7, 11) is 0. The summed E-state index contributed by atoms with van der Waals surface area (Å²) in [6, 6.07) is 4.88. The van der Waals surface area contributed by atoms with E-state index in [1.165, 1.54) is 24.5 Å². The fraction of sp³-hybridized carbons (Fsp3) is 0.200. The molecule has 1 aliphatic rings. The summed E-state index contributed by atoms with van der Waals surface area (Å²) in [4.78, 5) is 26.6. The van der Waals surface area contributed by atoms with Gasteiger partial charge in [-0.1, -0.05) is 29.8 Å². The zero-order chi connectivity index (χ0) is 20.5. The molecule has 1 N–H and O–H groups in total. The molecule has 1 amide bonds. The fourth-order valence-corrected chi connectivity index (χ4v) is 3.69. The lowest BCUT2D eigenvalue weighted by Gasteiger charge is -2.15. The number of hydrogen-bond donors (Lipinski definition) is 1. The van der Waals surface area contributed by atoms with E-state index in [2.05, 4.69) is 26.8 Å². The van der Waals surface area contributed by atoms with Crippen molar-refractivity contribution >= 4 is 51.5 Å². The van der Waals surface area contributed by atoms with Crippen molar-refractivity contribution in [2.75, 3.05) is 18.4 Å². The largest absolute Gasteiger partial charge is 0.338 e. The number of rotatable bonds is 4. The number of nitrogens with zero attached hydrogens (tertiary/aromatic N) is 4. The molecule has 148 valence electrons. The van der Waals surface area contributed by atoms with Gasteiger partial charge in [0.25, 0.3) is 0 Å². The first-order valence-corrected chi connectivity index (χ1v) is 9.66. The fourth-order valence-electron chi connectivity index (χ4n) is 3.38. The number of anilines is 2. The van der Waals surface area contributed by atoms with E-state index >= 15 is 0 Å². The molecule has 6 nitrogen and oxygen atoms in total. The van der Waals surface area contributed by atoms with Gasteiger partial charge in [-0.15, -0.1) is 0 Å². The SMILES string of the molecule is C=CC(=O)N1CC[C@H](c2cc3c(Nc4ccc(Cl)c(Cl)c4F)ncnc3cn2)C1. The molecular weight excluding hydrogens is 416 g/mol. The van der Waals surface area contributed by atoms with Crippen LogP contribution in [0.4, 0.5) is 15.9 Å². The molecule has 3 heterocycles. The summed E-state index contributed by atoms with van der Waals surface area (Å²) in [5.41, 5.74) is 1.59. The van der Waals surface area contributed by atoms with Gasteiger partial charge < -0.3 is 10.2 Å². The maximum Gasteiger partial charge on any atom is 0.245 e. The molecule has 1 saturated heterocycles. The molecule has 4 rings (SSSR count). The molecule has 1 atom stereocenters. The van der Waals surface area contributed by atoms with Crippen molar-refractivity contribution in [1.82, 2.24) is 19.9 Å². The van der Waals surface area contributed by atoms with E-state index < -0.39 is 5.82 Å². The van der Waals surface area contributed by atoms with Gasteiger partial charge in [-0.3, -0.25) is 9.78 Å². The van der Waals surface area contributed by atoms with E-state index in [9.17, 15) is 9.18 Å². The van der Waals surface area contributed by atoms with Crippen LogP contribution >= 0.6 is 23.2 Å². The van der Waals surface area contributed by atoms with Gasteiger partial charge in [-0.25, -0.2) is 14.4 Å². The van der Waals surface area contributed by atoms with Gasteiger partial charge in [-0.2, -0.15) is 0 Å². The number of carbonyl (C=O) groups excluding carboxylic acids is 1. The van der Waals surface area contributed by atoms with Gasteiger partial charge in [0.1, 0.15) is 12.1 Å². The van der Waals surface area contributed by atoms with Crippen LogP contribution in [0, 0.1) is 5.82 Å². The molecule has 29 heavy (non-hydrogen) atoms. The third kappa shape index (κ3) is 3.75. The molecule has 3 aromatic rings. The van der Waals surface area contributed by atoms with E-state index in [0.717, 1.165) is 12.1 Å². The van der Waals surface area contributed by atoms with Crippen molar-refractivity contribution in [2.24, 2.45) is 0 Å². The molecule has 2 aromatic heterocycles. The van der Waals surface area contributed by atoms with Crippen molar-refractivity contribution < 1.29 is 9.18 Å². The summed E-state index contributed by atoms with van der Waals surface area (Å²) < 4.78 is 14.4. The Balaban J connectivity index is 1.68. The highest BCUT2D eigenvalue weighted by Gasteiger charge is 2.27. The molecule has 0 saturated carbocycles. The number of halogens is 3. The number of fused-ring (bicyclic) bond motifs is 1. The molecule has 1 aromatic carbocycles. The standard InChI is InChI=1S/C20H16Cl2FN5O/c1-2-17(29)28-6-5-11(9-28)15-7-12-16(8-24-15)25-10-26-20(12)27-14-4-3-13(21)18(22)19(14)23/h2-4,7-8,10-11H,1,5-6,9H2,(H,25,26,27)/t11-/m0/s1. The third-order valence-electron chi connectivity index (χ3n) is 4.92. The second-order valence-electron chi connectivity index (χ2n) is 6.67.